The van der Waals surface area contributed by atoms with Gasteiger partial charge in [0, 0.05) is 35.9 Å². The summed E-state index contributed by atoms with van der Waals surface area (Å²) < 4.78 is 32.6. The minimum atomic E-state index is -0.570. The Morgan fingerprint density at radius 3 is 2.68 bits per heavy atom. The van der Waals surface area contributed by atoms with Gasteiger partial charge >= 0.3 is 0 Å². The maximum absolute atomic E-state index is 13.9. The molecule has 0 bridgehead atoms. The summed E-state index contributed by atoms with van der Waals surface area (Å²) in [6, 6.07) is 11.8. The van der Waals surface area contributed by atoms with Crippen LogP contribution in [0.4, 0.5) is 14.5 Å². The smallest absolute Gasteiger partial charge is 0.131 e. The van der Waals surface area contributed by atoms with Gasteiger partial charge in [-0.15, -0.1) is 0 Å². The van der Waals surface area contributed by atoms with E-state index in [2.05, 4.69) is 11.4 Å². The van der Waals surface area contributed by atoms with Crippen molar-refractivity contribution in [3.63, 3.8) is 0 Å². The molecule has 1 N–H and O–H groups in total. The molecular formula is C20H20F2N2O. The van der Waals surface area contributed by atoms with Crippen LogP contribution in [-0.2, 0) is 17.7 Å². The number of benzene rings is 2. The van der Waals surface area contributed by atoms with Crippen LogP contribution in [0.2, 0.25) is 0 Å². The standard InChI is InChI=1S/C20H20F2N2O/c21-16-6-5-15(17(22)11-16)13-23-19-20(7-9-25-10-8-20)12-14-3-1-2-4-18(14)24-19/h1-6,11H,7-10,12-13H2,(H,23,24). The van der Waals surface area contributed by atoms with Gasteiger partial charge in [0.1, 0.15) is 17.5 Å². The van der Waals surface area contributed by atoms with Gasteiger partial charge in [-0.05, 0) is 37.0 Å². The first-order valence-corrected chi connectivity index (χ1v) is 8.58. The van der Waals surface area contributed by atoms with E-state index in [-0.39, 0.29) is 12.0 Å². The van der Waals surface area contributed by atoms with Gasteiger partial charge in [0.05, 0.1) is 6.54 Å². The Balaban J connectivity index is 1.67. The number of ether oxygens (including phenoxy) is 1. The summed E-state index contributed by atoms with van der Waals surface area (Å²) >= 11 is 0. The number of nitrogens with zero attached hydrogens (tertiary/aromatic N) is 1. The maximum atomic E-state index is 13.9. The van der Waals surface area contributed by atoms with E-state index in [1.165, 1.54) is 17.7 Å². The normalized spacial score (nSPS) is 20.3. The number of rotatable bonds is 2. The third kappa shape index (κ3) is 3.16. The molecule has 1 fully saturated rings. The average molecular weight is 342 g/mol. The van der Waals surface area contributed by atoms with E-state index in [4.69, 9.17) is 9.73 Å². The SMILES string of the molecule is Fc1ccc(CN=C2Nc3ccccc3CC23CCOCC3)c(F)c1. The van der Waals surface area contributed by atoms with Crippen molar-refractivity contribution in [2.24, 2.45) is 10.4 Å². The van der Waals surface area contributed by atoms with Crippen molar-refractivity contribution in [2.45, 2.75) is 25.8 Å². The van der Waals surface area contributed by atoms with Gasteiger partial charge in [-0.1, -0.05) is 24.3 Å². The Morgan fingerprint density at radius 2 is 1.88 bits per heavy atom. The van der Waals surface area contributed by atoms with Crippen molar-refractivity contribution in [3.8, 4) is 0 Å². The Kier molecular flexibility index (Phi) is 4.25. The molecule has 0 aromatic heterocycles. The average Bonchev–Trinajstić information content (AvgIpc) is 2.62. The van der Waals surface area contributed by atoms with E-state index in [9.17, 15) is 8.78 Å². The first kappa shape index (κ1) is 16.2. The molecule has 5 heteroatoms. The molecule has 2 aromatic carbocycles. The molecule has 2 aliphatic rings. The minimum absolute atomic E-state index is 0.0941. The summed E-state index contributed by atoms with van der Waals surface area (Å²) in [6.07, 6.45) is 2.68. The summed E-state index contributed by atoms with van der Waals surface area (Å²) in [5, 5.41) is 3.46. The van der Waals surface area contributed by atoms with E-state index in [1.807, 2.05) is 18.2 Å². The number of para-hydroxylation sites is 1. The Morgan fingerprint density at radius 1 is 1.08 bits per heavy atom. The van der Waals surface area contributed by atoms with Crippen LogP contribution >= 0.6 is 0 Å². The zero-order valence-corrected chi connectivity index (χ0v) is 13.9. The van der Waals surface area contributed by atoms with Gasteiger partial charge < -0.3 is 10.1 Å². The monoisotopic (exact) mass is 342 g/mol. The lowest BCUT2D eigenvalue weighted by molar-refractivity contribution is 0.0448. The lowest BCUT2D eigenvalue weighted by Crippen LogP contribution is -2.45. The summed E-state index contributed by atoms with van der Waals surface area (Å²) in [4.78, 5) is 4.71. The van der Waals surface area contributed by atoms with Crippen molar-refractivity contribution in [1.82, 2.24) is 0 Å². The fourth-order valence-electron chi connectivity index (χ4n) is 3.70. The second-order valence-corrected chi connectivity index (χ2v) is 6.75. The van der Waals surface area contributed by atoms with Crippen LogP contribution in [-0.4, -0.2) is 19.0 Å². The molecule has 2 aromatic rings. The highest BCUT2D eigenvalue weighted by Crippen LogP contribution is 2.41. The molecule has 0 atom stereocenters. The van der Waals surface area contributed by atoms with E-state index in [0.29, 0.717) is 18.8 Å². The van der Waals surface area contributed by atoms with Crippen molar-refractivity contribution in [3.05, 3.63) is 65.2 Å². The predicted octanol–water partition coefficient (Wildman–Crippen LogP) is 4.33. The molecule has 1 spiro atoms. The highest BCUT2D eigenvalue weighted by atomic mass is 19.1. The predicted molar refractivity (Wildman–Crippen MR) is 93.8 cm³/mol. The molecule has 3 nitrogen and oxygen atoms in total. The van der Waals surface area contributed by atoms with Crippen LogP contribution in [0.15, 0.2) is 47.5 Å². The topological polar surface area (TPSA) is 33.6 Å². The highest BCUT2D eigenvalue weighted by molar-refractivity contribution is 6.02. The van der Waals surface area contributed by atoms with Gasteiger partial charge in [0.15, 0.2) is 0 Å². The van der Waals surface area contributed by atoms with Crippen molar-refractivity contribution in [1.29, 1.82) is 0 Å². The third-order valence-corrected chi connectivity index (χ3v) is 5.17. The van der Waals surface area contributed by atoms with E-state index >= 15 is 0 Å². The van der Waals surface area contributed by atoms with Crippen LogP contribution in [0.5, 0.6) is 0 Å². The van der Waals surface area contributed by atoms with Crippen LogP contribution in [0, 0.1) is 17.0 Å². The molecule has 0 amide bonds. The summed E-state index contributed by atoms with van der Waals surface area (Å²) in [5.41, 5.74) is 2.63. The molecule has 130 valence electrons. The lowest BCUT2D eigenvalue weighted by Gasteiger charge is -2.42. The van der Waals surface area contributed by atoms with E-state index < -0.39 is 11.6 Å². The van der Waals surface area contributed by atoms with Crippen molar-refractivity contribution in [2.75, 3.05) is 18.5 Å². The fourth-order valence-corrected chi connectivity index (χ4v) is 3.70. The molecule has 4 rings (SSSR count). The number of aliphatic imine (C=N–C) groups is 1. The zero-order chi connectivity index (χ0) is 17.3. The van der Waals surface area contributed by atoms with Gasteiger partial charge in [0.2, 0.25) is 0 Å². The highest BCUT2D eigenvalue weighted by Gasteiger charge is 2.41. The molecule has 2 heterocycles. The number of hydrogen-bond donors (Lipinski definition) is 1. The van der Waals surface area contributed by atoms with Gasteiger partial charge in [0.25, 0.3) is 0 Å². The minimum Gasteiger partial charge on any atom is -0.381 e. The zero-order valence-electron chi connectivity index (χ0n) is 13.9. The molecule has 0 radical (unpaired) electrons. The second-order valence-electron chi connectivity index (χ2n) is 6.75. The molecular weight excluding hydrogens is 322 g/mol. The first-order valence-electron chi connectivity index (χ1n) is 8.58. The Hall–Kier alpha value is -2.27. The number of halogens is 2. The summed E-state index contributed by atoms with van der Waals surface area (Å²) in [7, 11) is 0. The van der Waals surface area contributed by atoms with Crippen molar-refractivity contribution >= 4 is 11.5 Å². The molecule has 2 aliphatic heterocycles. The quantitative estimate of drug-likeness (QED) is 0.881. The number of anilines is 1. The number of amidine groups is 1. The number of fused-ring (bicyclic) bond motifs is 1. The van der Waals surface area contributed by atoms with E-state index in [1.54, 1.807) is 0 Å². The molecule has 25 heavy (non-hydrogen) atoms. The molecule has 0 aliphatic carbocycles. The third-order valence-electron chi connectivity index (χ3n) is 5.17. The van der Waals surface area contributed by atoms with E-state index in [0.717, 1.165) is 36.9 Å². The maximum Gasteiger partial charge on any atom is 0.131 e. The second kappa shape index (κ2) is 6.56. The number of hydrogen-bond acceptors (Lipinski definition) is 2. The van der Waals surface area contributed by atoms with Crippen LogP contribution < -0.4 is 5.32 Å². The Labute approximate surface area is 145 Å². The van der Waals surface area contributed by atoms with Crippen LogP contribution in [0.25, 0.3) is 0 Å². The lowest BCUT2D eigenvalue weighted by atomic mass is 9.71. The van der Waals surface area contributed by atoms with Crippen molar-refractivity contribution < 1.29 is 13.5 Å². The Bertz CT molecular complexity index is 813. The van der Waals surface area contributed by atoms with Gasteiger partial charge in [-0.2, -0.15) is 0 Å². The van der Waals surface area contributed by atoms with Crippen LogP contribution in [0.3, 0.4) is 0 Å². The van der Waals surface area contributed by atoms with Crippen LogP contribution in [0.1, 0.15) is 24.0 Å². The van der Waals surface area contributed by atoms with Gasteiger partial charge in [-0.3, -0.25) is 4.99 Å². The summed E-state index contributed by atoms with van der Waals surface area (Å²) in [6.45, 7) is 1.60. The summed E-state index contributed by atoms with van der Waals surface area (Å²) in [5.74, 6) is -0.237. The first-order chi connectivity index (χ1) is 12.2. The molecule has 0 unspecified atom stereocenters. The fraction of sp³-hybridized carbons (Fsp3) is 0.350. The molecule has 1 saturated heterocycles. The van der Waals surface area contributed by atoms with Gasteiger partial charge in [-0.25, -0.2) is 8.78 Å². The number of nitrogens with one attached hydrogen (secondary N) is 1. The largest absolute Gasteiger partial charge is 0.381 e. The molecule has 0 saturated carbocycles.